The molecule has 1 unspecified atom stereocenters. The van der Waals surface area contributed by atoms with Gasteiger partial charge in [-0.05, 0) is 38.3 Å². The average molecular weight is 499 g/mol. The van der Waals surface area contributed by atoms with Gasteiger partial charge in [-0.25, -0.2) is 4.98 Å². The molecule has 1 aromatic heterocycles. The highest BCUT2D eigenvalue weighted by atomic mass is 127. The van der Waals surface area contributed by atoms with Gasteiger partial charge in [0.1, 0.15) is 0 Å². The molecule has 7 heteroatoms. The van der Waals surface area contributed by atoms with Crippen molar-refractivity contribution in [1.29, 1.82) is 0 Å². The molecule has 1 aliphatic rings. The topological polar surface area (TPSA) is 52.6 Å². The molecule has 2 heterocycles. The van der Waals surface area contributed by atoms with E-state index in [9.17, 15) is 0 Å². The Labute approximate surface area is 183 Å². The van der Waals surface area contributed by atoms with E-state index >= 15 is 0 Å². The van der Waals surface area contributed by atoms with Gasteiger partial charge < -0.3 is 15.5 Å². The monoisotopic (exact) mass is 499 g/mol. The smallest absolute Gasteiger partial charge is 0.191 e. The first-order chi connectivity index (χ1) is 12.7. The molecule has 2 aromatic rings. The van der Waals surface area contributed by atoms with Crippen molar-refractivity contribution in [3.63, 3.8) is 0 Å². The first kappa shape index (κ1) is 21.9. The maximum atomic E-state index is 4.61. The number of rotatable bonds is 5. The minimum atomic E-state index is 0. The molecule has 1 aliphatic heterocycles. The van der Waals surface area contributed by atoms with Crippen molar-refractivity contribution in [2.75, 3.05) is 25.0 Å². The van der Waals surface area contributed by atoms with Gasteiger partial charge >= 0.3 is 0 Å². The lowest BCUT2D eigenvalue weighted by Crippen LogP contribution is -2.51. The first-order valence-corrected chi connectivity index (χ1v) is 10.3. The van der Waals surface area contributed by atoms with Crippen LogP contribution >= 0.6 is 35.3 Å². The van der Waals surface area contributed by atoms with Crippen LogP contribution < -0.4 is 15.5 Å². The van der Waals surface area contributed by atoms with Crippen LogP contribution in [0.5, 0.6) is 0 Å². The van der Waals surface area contributed by atoms with Gasteiger partial charge in [-0.1, -0.05) is 24.6 Å². The van der Waals surface area contributed by atoms with Crippen LogP contribution in [-0.4, -0.2) is 37.1 Å². The number of hydrogen-bond donors (Lipinski definition) is 2. The maximum absolute atomic E-state index is 4.61. The third kappa shape index (κ3) is 6.34. The quantitative estimate of drug-likeness (QED) is 0.372. The van der Waals surface area contributed by atoms with Crippen LogP contribution in [0.2, 0.25) is 0 Å². The zero-order valence-corrected chi connectivity index (χ0v) is 19.5. The molecule has 3 rings (SSSR count). The summed E-state index contributed by atoms with van der Waals surface area (Å²) in [5, 5.41) is 10.3. The van der Waals surface area contributed by atoms with Crippen LogP contribution in [0.15, 0.2) is 34.6 Å². The van der Waals surface area contributed by atoms with Crippen LogP contribution in [0.4, 0.5) is 5.69 Å². The van der Waals surface area contributed by atoms with Gasteiger partial charge in [0.25, 0.3) is 0 Å². The fourth-order valence-electron chi connectivity index (χ4n) is 3.24. The predicted molar refractivity (Wildman–Crippen MR) is 127 cm³/mol. The standard InChI is InChI=1S/C20H29N5S.HI/c1-4-19-23-17(14-26-19)12-22-20(21-3)24-16-6-5-11-25(13-16)18-9-7-15(2)8-10-18;/h7-10,14,16H,4-6,11-13H2,1-3H3,(H2,21,22,24);1H. The number of nitrogens with one attached hydrogen (secondary N) is 2. The summed E-state index contributed by atoms with van der Waals surface area (Å²) in [4.78, 5) is 11.5. The van der Waals surface area contributed by atoms with Crippen LogP contribution in [-0.2, 0) is 13.0 Å². The molecule has 0 spiro atoms. The molecule has 0 radical (unpaired) electrons. The fraction of sp³-hybridized carbons (Fsp3) is 0.500. The Balaban J connectivity index is 0.00000261. The maximum Gasteiger partial charge on any atom is 0.191 e. The van der Waals surface area contributed by atoms with Gasteiger partial charge in [0, 0.05) is 37.2 Å². The lowest BCUT2D eigenvalue weighted by atomic mass is 10.0. The molecule has 0 saturated carbocycles. The van der Waals surface area contributed by atoms with Gasteiger partial charge in [0.2, 0.25) is 0 Å². The number of hydrogen-bond acceptors (Lipinski definition) is 4. The molecule has 2 N–H and O–H groups in total. The number of aryl methyl sites for hydroxylation is 2. The largest absolute Gasteiger partial charge is 0.369 e. The van der Waals surface area contributed by atoms with E-state index in [0.717, 1.165) is 31.2 Å². The Bertz CT molecular complexity index is 728. The molecule has 27 heavy (non-hydrogen) atoms. The van der Waals surface area contributed by atoms with Crippen molar-refractivity contribution in [1.82, 2.24) is 15.6 Å². The molecule has 1 saturated heterocycles. The summed E-state index contributed by atoms with van der Waals surface area (Å²) in [6, 6.07) is 9.21. The van der Waals surface area contributed by atoms with E-state index in [2.05, 4.69) is 69.0 Å². The van der Waals surface area contributed by atoms with Crippen molar-refractivity contribution in [3.05, 3.63) is 45.9 Å². The lowest BCUT2D eigenvalue weighted by Gasteiger charge is -2.35. The van der Waals surface area contributed by atoms with E-state index in [1.54, 1.807) is 11.3 Å². The first-order valence-electron chi connectivity index (χ1n) is 9.40. The second-order valence-corrected chi connectivity index (χ2v) is 7.72. The Kier molecular flexibility index (Phi) is 8.82. The summed E-state index contributed by atoms with van der Waals surface area (Å²) in [5.74, 6) is 0.854. The minimum Gasteiger partial charge on any atom is -0.369 e. The van der Waals surface area contributed by atoms with Gasteiger partial charge in [0.05, 0.1) is 17.2 Å². The zero-order chi connectivity index (χ0) is 18.4. The normalized spacial score (nSPS) is 17.4. The molecule has 5 nitrogen and oxygen atoms in total. The summed E-state index contributed by atoms with van der Waals surface area (Å²) in [5.41, 5.74) is 3.69. The third-order valence-corrected chi connectivity index (χ3v) is 5.77. The fourth-order valence-corrected chi connectivity index (χ4v) is 3.98. The van der Waals surface area contributed by atoms with Gasteiger partial charge in [-0.2, -0.15) is 0 Å². The van der Waals surface area contributed by atoms with Crippen molar-refractivity contribution >= 4 is 47.0 Å². The van der Waals surface area contributed by atoms with E-state index in [4.69, 9.17) is 0 Å². The van der Waals surface area contributed by atoms with E-state index in [0.29, 0.717) is 12.6 Å². The predicted octanol–water partition coefficient (Wildman–Crippen LogP) is 3.97. The highest BCUT2D eigenvalue weighted by Gasteiger charge is 2.21. The second kappa shape index (κ2) is 10.8. The summed E-state index contributed by atoms with van der Waals surface area (Å²) in [6.45, 7) is 7.10. The van der Waals surface area contributed by atoms with Gasteiger partial charge in [-0.15, -0.1) is 35.3 Å². The number of nitrogens with zero attached hydrogens (tertiary/aromatic N) is 3. The number of piperidine rings is 1. The molecule has 148 valence electrons. The average Bonchev–Trinajstić information content (AvgIpc) is 3.14. The summed E-state index contributed by atoms with van der Waals surface area (Å²) < 4.78 is 0. The van der Waals surface area contributed by atoms with Gasteiger partial charge in [0.15, 0.2) is 5.96 Å². The Morgan fingerprint density at radius 1 is 1.33 bits per heavy atom. The van der Waals surface area contributed by atoms with E-state index in [1.165, 1.54) is 29.1 Å². The minimum absolute atomic E-state index is 0. The Hall–Kier alpha value is -1.35. The van der Waals surface area contributed by atoms with Crippen LogP contribution in [0.25, 0.3) is 0 Å². The highest BCUT2D eigenvalue weighted by Crippen LogP contribution is 2.20. The third-order valence-electron chi connectivity index (χ3n) is 4.72. The number of benzene rings is 1. The Morgan fingerprint density at radius 3 is 2.78 bits per heavy atom. The van der Waals surface area contributed by atoms with Crippen molar-refractivity contribution in [2.24, 2.45) is 4.99 Å². The lowest BCUT2D eigenvalue weighted by molar-refractivity contribution is 0.468. The van der Waals surface area contributed by atoms with E-state index < -0.39 is 0 Å². The van der Waals surface area contributed by atoms with Crippen molar-refractivity contribution < 1.29 is 0 Å². The van der Waals surface area contributed by atoms with Crippen LogP contribution in [0.1, 0.15) is 36.0 Å². The molecule has 1 fully saturated rings. The summed E-state index contributed by atoms with van der Waals surface area (Å²) in [6.07, 6.45) is 3.35. The Morgan fingerprint density at radius 2 is 2.11 bits per heavy atom. The molecule has 1 atom stereocenters. The highest BCUT2D eigenvalue weighted by molar-refractivity contribution is 14.0. The number of halogens is 1. The number of guanidine groups is 1. The number of thiazole rings is 1. The molecular formula is C20H30IN5S. The molecular weight excluding hydrogens is 469 g/mol. The van der Waals surface area contributed by atoms with E-state index in [1.807, 2.05) is 7.05 Å². The van der Waals surface area contributed by atoms with E-state index in [-0.39, 0.29) is 24.0 Å². The van der Waals surface area contributed by atoms with Gasteiger partial charge in [-0.3, -0.25) is 4.99 Å². The zero-order valence-electron chi connectivity index (χ0n) is 16.4. The molecule has 0 bridgehead atoms. The number of anilines is 1. The summed E-state index contributed by atoms with van der Waals surface area (Å²) >= 11 is 1.73. The molecule has 1 aromatic carbocycles. The van der Waals surface area contributed by atoms with Crippen LogP contribution in [0.3, 0.4) is 0 Å². The van der Waals surface area contributed by atoms with Crippen molar-refractivity contribution in [2.45, 2.75) is 45.7 Å². The number of aromatic nitrogens is 1. The van der Waals surface area contributed by atoms with Crippen molar-refractivity contribution in [3.8, 4) is 0 Å². The number of aliphatic imine (C=N–C) groups is 1. The summed E-state index contributed by atoms with van der Waals surface area (Å²) in [7, 11) is 1.83. The molecule has 0 aliphatic carbocycles. The SMILES string of the molecule is CCc1nc(CNC(=NC)NC2CCCN(c3ccc(C)cc3)C2)cs1.I. The van der Waals surface area contributed by atoms with Crippen LogP contribution in [0, 0.1) is 6.92 Å². The second-order valence-electron chi connectivity index (χ2n) is 6.78. The molecule has 0 amide bonds.